The molecule has 12 heteroatoms. The summed E-state index contributed by atoms with van der Waals surface area (Å²) in [7, 11) is -7.10. The minimum absolute atomic E-state index is 0.111. The molecule has 0 bridgehead atoms. The molecule has 0 aromatic heterocycles. The quantitative estimate of drug-likeness (QED) is 0.266. The number of rotatable bonds is 8. The Kier molecular flexibility index (Phi) is 12.7. The summed E-state index contributed by atoms with van der Waals surface area (Å²) in [6, 6.07) is 0. The summed E-state index contributed by atoms with van der Waals surface area (Å²) in [4.78, 5) is 22.3. The van der Waals surface area contributed by atoms with Crippen molar-refractivity contribution in [2.75, 3.05) is 18.8 Å². The van der Waals surface area contributed by atoms with Crippen LogP contribution in [0.5, 0.6) is 0 Å². The van der Waals surface area contributed by atoms with E-state index in [4.69, 9.17) is 17.2 Å². The molecule has 0 aliphatic rings. The molecule has 0 aliphatic carbocycles. The van der Waals surface area contributed by atoms with Crippen LogP contribution in [0.1, 0.15) is 26.2 Å². The third-order valence-corrected chi connectivity index (χ3v) is 2.60. The first-order valence-corrected chi connectivity index (χ1v) is 8.44. The van der Waals surface area contributed by atoms with E-state index in [1.54, 1.807) is 0 Å². The lowest BCUT2D eigenvalue weighted by Crippen LogP contribution is -2.33. The maximum Gasteiger partial charge on any atom is 0.425 e. The zero-order valence-corrected chi connectivity index (χ0v) is 13.0. The van der Waals surface area contributed by atoms with Gasteiger partial charge in [-0.15, -0.1) is 12.6 Å². The molecule has 0 saturated heterocycles. The Morgan fingerprint density at radius 1 is 1.05 bits per heavy atom. The number of carbonyl (C=O) groups excluding carboxylic acids is 2. The molecule has 0 atom stereocenters. The lowest BCUT2D eigenvalue weighted by atomic mass is 10.3. The van der Waals surface area contributed by atoms with E-state index in [2.05, 4.69) is 10.6 Å². The molecule has 0 unspecified atom stereocenters. The average Bonchev–Trinajstić information content (AvgIpc) is 2.30. The first-order chi connectivity index (χ1) is 9.58. The molecule has 10 nitrogen and oxygen atoms in total. The van der Waals surface area contributed by atoms with Gasteiger partial charge in [-0.2, -0.15) is 8.42 Å². The second-order valence-corrected chi connectivity index (χ2v) is 5.70. The number of hydrogen-bond donors (Lipinski definition) is 3. The van der Waals surface area contributed by atoms with Gasteiger partial charge in [0.25, 0.3) is 10.1 Å². The Hall–Kier alpha value is -1.53. The fourth-order valence-electron chi connectivity index (χ4n) is 1.02. The summed E-state index contributed by atoms with van der Waals surface area (Å²) >= 11 is 0. The summed E-state index contributed by atoms with van der Waals surface area (Å²) in [5.74, 6) is -1.23. The van der Waals surface area contributed by atoms with Gasteiger partial charge in [0.2, 0.25) is 11.8 Å². The normalized spacial score (nSPS) is 10.0. The van der Waals surface area contributed by atoms with E-state index in [9.17, 15) is 18.0 Å². The van der Waals surface area contributed by atoms with Crippen molar-refractivity contribution in [3.8, 4) is 0 Å². The Morgan fingerprint density at radius 3 is 1.86 bits per heavy atom. The van der Waals surface area contributed by atoms with Gasteiger partial charge >= 0.3 is 10.6 Å². The summed E-state index contributed by atoms with van der Waals surface area (Å²) in [5.41, 5.74) is 0. The van der Waals surface area contributed by atoms with Crippen LogP contribution in [-0.4, -0.2) is 56.3 Å². The van der Waals surface area contributed by atoms with Crippen LogP contribution in [0.2, 0.25) is 0 Å². The van der Waals surface area contributed by atoms with E-state index >= 15 is 0 Å². The van der Waals surface area contributed by atoms with Gasteiger partial charge in [-0.3, -0.25) is 14.1 Å². The van der Waals surface area contributed by atoms with Crippen molar-refractivity contribution in [2.24, 2.45) is 0 Å². The zero-order chi connectivity index (χ0) is 16.9. The highest BCUT2D eigenvalue weighted by atomic mass is 32.2. The molecule has 0 saturated carbocycles. The molecular weight excluding hydrogens is 328 g/mol. The van der Waals surface area contributed by atoms with E-state index < -0.39 is 32.4 Å². The molecule has 21 heavy (non-hydrogen) atoms. The Labute approximate surface area is 124 Å². The van der Waals surface area contributed by atoms with Crippen LogP contribution in [0.15, 0.2) is 0 Å². The van der Waals surface area contributed by atoms with Crippen molar-refractivity contribution < 1.29 is 35.2 Å². The fraction of sp³-hybridized carbons (Fsp3) is 0.778. The molecule has 0 aromatic carbocycles. The lowest BCUT2D eigenvalue weighted by molar-refractivity contribution is -0.129. The van der Waals surface area contributed by atoms with Crippen LogP contribution < -0.4 is 10.6 Å². The summed E-state index contributed by atoms with van der Waals surface area (Å²) in [6.45, 7) is 2.53. The highest BCUT2D eigenvalue weighted by Gasteiger charge is 2.09. The van der Waals surface area contributed by atoms with E-state index in [1.165, 1.54) is 0 Å². The molecule has 3 N–H and O–H groups in total. The molecule has 0 rings (SSSR count). The Bertz CT molecular complexity index is 518. The summed E-state index contributed by atoms with van der Waals surface area (Å²) < 4.78 is 54.5. The molecule has 0 aromatic rings. The zero-order valence-electron chi connectivity index (χ0n) is 11.4. The van der Waals surface area contributed by atoms with Crippen LogP contribution in [0.25, 0.3) is 0 Å². The smallest absolute Gasteiger partial charge is 0.356 e. The third-order valence-electron chi connectivity index (χ3n) is 1.79. The molecule has 0 spiro atoms. The van der Waals surface area contributed by atoms with Crippen molar-refractivity contribution in [1.82, 2.24) is 10.6 Å². The molecule has 0 heterocycles. The molecular formula is C9H18N2O8S2. The van der Waals surface area contributed by atoms with Crippen molar-refractivity contribution in [3.05, 3.63) is 0 Å². The predicted octanol–water partition coefficient (Wildman–Crippen LogP) is -1.71. The van der Waals surface area contributed by atoms with E-state index in [0.717, 1.165) is 6.42 Å². The van der Waals surface area contributed by atoms with Crippen molar-refractivity contribution in [2.45, 2.75) is 26.2 Å². The standard InChI is InChI=1S/C9H18N2O5S.O3S/c1-2-4-10-8(12)7-9(13)11-5-3-6-17(14,15)16;1-4(2)3/h2-7H2,1H3,(H,10,12)(H,11,13)(H,14,15,16);. The SMILES string of the molecule is CCCNC(=O)CC(=O)NCCCS(=O)(=O)O.O=S(=O)=O. The lowest BCUT2D eigenvalue weighted by Gasteiger charge is -2.05. The average molecular weight is 346 g/mol. The van der Waals surface area contributed by atoms with Crippen LogP contribution in [-0.2, 0) is 30.3 Å². The molecule has 2 amide bonds. The second kappa shape index (κ2) is 12.2. The van der Waals surface area contributed by atoms with Crippen molar-refractivity contribution >= 4 is 32.5 Å². The highest BCUT2D eigenvalue weighted by molar-refractivity contribution is 7.85. The van der Waals surface area contributed by atoms with E-state index in [0.29, 0.717) is 6.54 Å². The van der Waals surface area contributed by atoms with Gasteiger partial charge in [0.15, 0.2) is 0 Å². The summed E-state index contributed by atoms with van der Waals surface area (Å²) in [6.07, 6.45) is 0.634. The van der Waals surface area contributed by atoms with Gasteiger partial charge in [-0.05, 0) is 12.8 Å². The third kappa shape index (κ3) is 23.9. The predicted molar refractivity (Wildman–Crippen MR) is 71.7 cm³/mol. The van der Waals surface area contributed by atoms with E-state index in [1.807, 2.05) is 6.92 Å². The number of carbonyl (C=O) groups is 2. The topological polar surface area (TPSA) is 164 Å². The Balaban J connectivity index is 0. The first-order valence-electron chi connectivity index (χ1n) is 5.83. The van der Waals surface area contributed by atoms with Crippen LogP contribution in [0.3, 0.4) is 0 Å². The molecule has 124 valence electrons. The van der Waals surface area contributed by atoms with Gasteiger partial charge < -0.3 is 10.6 Å². The maximum absolute atomic E-state index is 11.2. The number of amides is 2. The largest absolute Gasteiger partial charge is 0.425 e. The maximum atomic E-state index is 11.2. The minimum Gasteiger partial charge on any atom is -0.356 e. The van der Waals surface area contributed by atoms with Crippen LogP contribution in [0.4, 0.5) is 0 Å². The molecule has 0 aliphatic heterocycles. The monoisotopic (exact) mass is 346 g/mol. The summed E-state index contributed by atoms with van der Waals surface area (Å²) in [5, 5.41) is 4.93. The van der Waals surface area contributed by atoms with Crippen molar-refractivity contribution in [1.29, 1.82) is 0 Å². The first kappa shape index (κ1) is 21.8. The fourth-order valence-corrected chi connectivity index (χ4v) is 1.53. The second-order valence-electron chi connectivity index (χ2n) is 3.72. The van der Waals surface area contributed by atoms with Gasteiger partial charge in [-0.1, -0.05) is 6.92 Å². The van der Waals surface area contributed by atoms with Crippen LogP contribution in [0, 0.1) is 0 Å². The highest BCUT2D eigenvalue weighted by Crippen LogP contribution is 1.88. The Morgan fingerprint density at radius 2 is 1.48 bits per heavy atom. The van der Waals surface area contributed by atoms with E-state index in [-0.39, 0.29) is 25.3 Å². The van der Waals surface area contributed by atoms with Crippen LogP contribution >= 0.6 is 0 Å². The number of nitrogens with one attached hydrogen (secondary N) is 2. The van der Waals surface area contributed by atoms with Gasteiger partial charge in [0.1, 0.15) is 6.42 Å². The van der Waals surface area contributed by atoms with Gasteiger partial charge in [0.05, 0.1) is 5.75 Å². The van der Waals surface area contributed by atoms with Gasteiger partial charge in [0, 0.05) is 13.1 Å². The minimum atomic E-state index is -3.99. The van der Waals surface area contributed by atoms with Gasteiger partial charge in [-0.25, -0.2) is 0 Å². The van der Waals surface area contributed by atoms with Crippen molar-refractivity contribution in [3.63, 3.8) is 0 Å². The number of hydrogen-bond acceptors (Lipinski definition) is 7. The molecule has 0 radical (unpaired) electrons. The molecule has 0 fully saturated rings.